The van der Waals surface area contributed by atoms with Gasteiger partial charge in [-0.25, -0.2) is 0 Å². The van der Waals surface area contributed by atoms with Crippen molar-refractivity contribution >= 4 is 0 Å². The molecule has 22 heavy (non-hydrogen) atoms. The quantitative estimate of drug-likeness (QED) is 0.666. The van der Waals surface area contributed by atoms with E-state index in [4.69, 9.17) is 9.47 Å². The third-order valence-corrected chi connectivity index (χ3v) is 5.09. The molecule has 2 aliphatic rings. The highest BCUT2D eigenvalue weighted by atomic mass is 16.5. The molecule has 0 aromatic heterocycles. The SMILES string of the molecule is CCOc1ccccc1OCC1=CC2(CCCCC2)CCC1. The van der Waals surface area contributed by atoms with E-state index in [0.717, 1.165) is 11.5 Å². The molecule has 3 rings (SSSR count). The molecule has 0 aliphatic heterocycles. The maximum Gasteiger partial charge on any atom is 0.161 e. The van der Waals surface area contributed by atoms with E-state index in [9.17, 15) is 0 Å². The van der Waals surface area contributed by atoms with E-state index >= 15 is 0 Å². The number of ether oxygens (including phenoxy) is 2. The molecule has 0 heterocycles. The fourth-order valence-electron chi connectivity index (χ4n) is 4.02. The first-order valence-electron chi connectivity index (χ1n) is 8.87. The van der Waals surface area contributed by atoms with Crippen LogP contribution >= 0.6 is 0 Å². The second kappa shape index (κ2) is 7.21. The second-order valence-corrected chi connectivity index (χ2v) is 6.75. The van der Waals surface area contributed by atoms with Crippen LogP contribution in [0, 0.1) is 5.41 Å². The number of rotatable bonds is 5. The zero-order chi connectivity index (χ0) is 15.3. The molecular weight excluding hydrogens is 272 g/mol. The Kier molecular flexibility index (Phi) is 5.07. The van der Waals surface area contributed by atoms with Crippen molar-refractivity contribution in [3.63, 3.8) is 0 Å². The highest BCUT2D eigenvalue weighted by molar-refractivity contribution is 5.39. The molecule has 1 fully saturated rings. The van der Waals surface area contributed by atoms with Crippen molar-refractivity contribution < 1.29 is 9.47 Å². The van der Waals surface area contributed by atoms with Gasteiger partial charge >= 0.3 is 0 Å². The zero-order valence-corrected chi connectivity index (χ0v) is 13.8. The predicted molar refractivity (Wildman–Crippen MR) is 90.6 cm³/mol. The van der Waals surface area contributed by atoms with Crippen molar-refractivity contribution in [2.75, 3.05) is 13.2 Å². The van der Waals surface area contributed by atoms with Gasteiger partial charge in [-0.1, -0.05) is 37.5 Å². The summed E-state index contributed by atoms with van der Waals surface area (Å²) in [4.78, 5) is 0. The Balaban J connectivity index is 1.66. The summed E-state index contributed by atoms with van der Waals surface area (Å²) in [6.45, 7) is 3.39. The van der Waals surface area contributed by atoms with E-state index in [2.05, 4.69) is 6.08 Å². The van der Waals surface area contributed by atoms with Gasteiger partial charge in [0, 0.05) is 0 Å². The maximum absolute atomic E-state index is 6.07. The molecule has 120 valence electrons. The first-order chi connectivity index (χ1) is 10.8. The molecular formula is C20H28O2. The van der Waals surface area contributed by atoms with Crippen LogP contribution in [-0.4, -0.2) is 13.2 Å². The van der Waals surface area contributed by atoms with Crippen molar-refractivity contribution in [2.24, 2.45) is 5.41 Å². The van der Waals surface area contributed by atoms with Crippen LogP contribution in [0.5, 0.6) is 11.5 Å². The monoisotopic (exact) mass is 300 g/mol. The Morgan fingerprint density at radius 2 is 1.59 bits per heavy atom. The summed E-state index contributed by atoms with van der Waals surface area (Å²) in [6, 6.07) is 7.99. The summed E-state index contributed by atoms with van der Waals surface area (Å²) in [5, 5.41) is 0. The summed E-state index contributed by atoms with van der Waals surface area (Å²) in [7, 11) is 0. The Morgan fingerprint density at radius 3 is 2.32 bits per heavy atom. The molecule has 0 atom stereocenters. The third kappa shape index (κ3) is 3.66. The number of hydrogen-bond acceptors (Lipinski definition) is 2. The summed E-state index contributed by atoms with van der Waals surface area (Å²) >= 11 is 0. The largest absolute Gasteiger partial charge is 0.490 e. The van der Waals surface area contributed by atoms with E-state index in [1.165, 1.54) is 56.9 Å². The smallest absolute Gasteiger partial charge is 0.161 e. The van der Waals surface area contributed by atoms with Gasteiger partial charge in [-0.3, -0.25) is 0 Å². The molecule has 1 aromatic carbocycles. The van der Waals surface area contributed by atoms with Crippen LogP contribution in [0.4, 0.5) is 0 Å². The lowest BCUT2D eigenvalue weighted by atomic mass is 9.67. The molecule has 0 saturated heterocycles. The van der Waals surface area contributed by atoms with Crippen molar-refractivity contribution in [1.29, 1.82) is 0 Å². The van der Waals surface area contributed by atoms with Gasteiger partial charge in [0.15, 0.2) is 11.5 Å². The van der Waals surface area contributed by atoms with Gasteiger partial charge in [-0.2, -0.15) is 0 Å². The van der Waals surface area contributed by atoms with Crippen LogP contribution < -0.4 is 9.47 Å². The zero-order valence-electron chi connectivity index (χ0n) is 13.8. The van der Waals surface area contributed by atoms with E-state index in [0.29, 0.717) is 18.6 Å². The predicted octanol–water partition coefficient (Wildman–Crippen LogP) is 5.52. The molecule has 1 aromatic rings. The van der Waals surface area contributed by atoms with E-state index < -0.39 is 0 Å². The molecule has 0 bridgehead atoms. The summed E-state index contributed by atoms with van der Waals surface area (Å²) in [5.74, 6) is 1.72. The average molecular weight is 300 g/mol. The standard InChI is InChI=1S/C20H28O2/c1-2-21-18-10-4-5-11-19(18)22-16-17-9-8-14-20(15-17)12-6-3-7-13-20/h4-5,10-11,15H,2-3,6-9,12-14,16H2,1H3. The second-order valence-electron chi connectivity index (χ2n) is 6.75. The van der Waals surface area contributed by atoms with Crippen LogP contribution in [-0.2, 0) is 0 Å². The first-order valence-corrected chi connectivity index (χ1v) is 8.87. The molecule has 0 unspecified atom stereocenters. The first kappa shape index (κ1) is 15.5. The van der Waals surface area contributed by atoms with Gasteiger partial charge in [0.05, 0.1) is 6.61 Å². The van der Waals surface area contributed by atoms with Gasteiger partial charge in [-0.05, 0) is 62.1 Å². The molecule has 0 radical (unpaired) electrons. The molecule has 1 saturated carbocycles. The van der Waals surface area contributed by atoms with E-state index in [1.807, 2.05) is 31.2 Å². The minimum Gasteiger partial charge on any atom is -0.490 e. The fraction of sp³-hybridized carbons (Fsp3) is 0.600. The third-order valence-electron chi connectivity index (χ3n) is 5.09. The molecule has 2 nitrogen and oxygen atoms in total. The molecule has 2 heteroatoms. The average Bonchev–Trinajstić information content (AvgIpc) is 2.55. The Hall–Kier alpha value is -1.44. The number of allylic oxidation sites excluding steroid dienone is 1. The van der Waals surface area contributed by atoms with Gasteiger partial charge in [0.25, 0.3) is 0 Å². The van der Waals surface area contributed by atoms with Gasteiger partial charge in [-0.15, -0.1) is 0 Å². The minimum atomic E-state index is 0.495. The topological polar surface area (TPSA) is 18.5 Å². The van der Waals surface area contributed by atoms with Crippen LogP contribution in [0.2, 0.25) is 0 Å². The van der Waals surface area contributed by atoms with Crippen LogP contribution in [0.25, 0.3) is 0 Å². The lowest BCUT2D eigenvalue weighted by Gasteiger charge is -2.38. The summed E-state index contributed by atoms with van der Waals surface area (Å²) in [6.07, 6.45) is 13.4. The van der Waals surface area contributed by atoms with Gasteiger partial charge in [0.2, 0.25) is 0 Å². The van der Waals surface area contributed by atoms with Crippen LogP contribution in [0.3, 0.4) is 0 Å². The van der Waals surface area contributed by atoms with Crippen molar-refractivity contribution in [3.8, 4) is 11.5 Å². The highest BCUT2D eigenvalue weighted by Crippen LogP contribution is 2.45. The Labute approximate surface area is 134 Å². The van der Waals surface area contributed by atoms with E-state index in [-0.39, 0.29) is 0 Å². The van der Waals surface area contributed by atoms with Gasteiger partial charge in [0.1, 0.15) is 6.61 Å². The van der Waals surface area contributed by atoms with Crippen molar-refractivity contribution in [3.05, 3.63) is 35.9 Å². The Bertz CT molecular complexity index is 512. The lowest BCUT2D eigenvalue weighted by molar-refractivity contribution is 0.215. The lowest BCUT2D eigenvalue weighted by Crippen LogP contribution is -2.25. The van der Waals surface area contributed by atoms with Crippen molar-refractivity contribution in [1.82, 2.24) is 0 Å². The van der Waals surface area contributed by atoms with E-state index in [1.54, 1.807) is 0 Å². The minimum absolute atomic E-state index is 0.495. The summed E-state index contributed by atoms with van der Waals surface area (Å²) in [5.41, 5.74) is 1.98. The number of para-hydroxylation sites is 2. The maximum atomic E-state index is 6.07. The summed E-state index contributed by atoms with van der Waals surface area (Å²) < 4.78 is 11.7. The molecule has 1 spiro atoms. The molecule has 2 aliphatic carbocycles. The van der Waals surface area contributed by atoms with Gasteiger partial charge < -0.3 is 9.47 Å². The van der Waals surface area contributed by atoms with Crippen molar-refractivity contribution in [2.45, 2.75) is 58.3 Å². The van der Waals surface area contributed by atoms with Crippen LogP contribution in [0.15, 0.2) is 35.9 Å². The fourth-order valence-corrected chi connectivity index (χ4v) is 4.02. The normalized spacial score (nSPS) is 20.5. The number of hydrogen-bond donors (Lipinski definition) is 0. The number of benzene rings is 1. The molecule has 0 N–H and O–H groups in total. The van der Waals surface area contributed by atoms with Crippen LogP contribution in [0.1, 0.15) is 58.3 Å². The highest BCUT2D eigenvalue weighted by Gasteiger charge is 2.32. The Morgan fingerprint density at radius 1 is 0.909 bits per heavy atom. The molecule has 0 amide bonds.